The lowest BCUT2D eigenvalue weighted by atomic mass is 10.1. The lowest BCUT2D eigenvalue weighted by Crippen LogP contribution is -2.43. The van der Waals surface area contributed by atoms with Crippen LogP contribution in [0.4, 0.5) is 0 Å². The number of aliphatic carboxylic acids is 1. The number of rotatable bonds is 3. The van der Waals surface area contributed by atoms with Gasteiger partial charge in [-0.15, -0.1) is 0 Å². The normalized spacial score (nSPS) is 23.6. The molecule has 1 fully saturated rings. The van der Waals surface area contributed by atoms with E-state index in [2.05, 4.69) is 12.6 Å². The number of hydrogen-bond donors (Lipinski definition) is 2. The highest BCUT2D eigenvalue weighted by Gasteiger charge is 2.35. The highest BCUT2D eigenvalue weighted by Crippen LogP contribution is 2.20. The highest BCUT2D eigenvalue weighted by atomic mass is 32.1. The molecule has 2 atom stereocenters. The molecule has 0 aliphatic carbocycles. The summed E-state index contributed by atoms with van der Waals surface area (Å²) in [6.07, 6.45) is 1.35. The molecule has 1 rings (SSSR count). The largest absolute Gasteiger partial charge is 0.480 e. The standard InChI is InChI=1S/C9H15NO3S/c1-6(5-14)8(11)10-4-2-3-7(10)9(12)13/h6-7,14H,2-5H2,1H3,(H,12,13)/t6?,7-/m1/s1. The fourth-order valence-electron chi connectivity index (χ4n) is 1.65. The molecule has 0 aromatic carbocycles. The van der Waals surface area contributed by atoms with Gasteiger partial charge in [-0.2, -0.15) is 12.6 Å². The predicted molar refractivity (Wildman–Crippen MR) is 55.4 cm³/mol. The van der Waals surface area contributed by atoms with E-state index in [1.165, 1.54) is 4.90 Å². The molecular weight excluding hydrogens is 202 g/mol. The van der Waals surface area contributed by atoms with Gasteiger partial charge in [0.05, 0.1) is 0 Å². The molecule has 0 bridgehead atoms. The van der Waals surface area contributed by atoms with Gasteiger partial charge in [0.2, 0.25) is 5.91 Å². The van der Waals surface area contributed by atoms with Gasteiger partial charge in [-0.1, -0.05) is 6.92 Å². The fraction of sp³-hybridized carbons (Fsp3) is 0.778. The van der Waals surface area contributed by atoms with Crippen LogP contribution in [-0.4, -0.2) is 40.2 Å². The van der Waals surface area contributed by atoms with Gasteiger partial charge in [0, 0.05) is 18.2 Å². The maximum absolute atomic E-state index is 11.7. The van der Waals surface area contributed by atoms with Crippen LogP contribution in [0.3, 0.4) is 0 Å². The third-order valence-electron chi connectivity index (χ3n) is 2.52. The zero-order valence-electron chi connectivity index (χ0n) is 8.14. The Labute approximate surface area is 88.7 Å². The Morgan fingerprint density at radius 1 is 1.64 bits per heavy atom. The SMILES string of the molecule is CC(CS)C(=O)N1CCC[C@@H]1C(=O)O. The molecule has 1 N–H and O–H groups in total. The summed E-state index contributed by atoms with van der Waals surface area (Å²) in [4.78, 5) is 24.0. The zero-order valence-corrected chi connectivity index (χ0v) is 9.04. The van der Waals surface area contributed by atoms with Crippen molar-refractivity contribution in [2.45, 2.75) is 25.8 Å². The number of likely N-dealkylation sites (tertiary alicyclic amines) is 1. The first-order chi connectivity index (χ1) is 6.57. The molecule has 0 aromatic heterocycles. The first kappa shape index (κ1) is 11.4. The predicted octanol–water partition coefficient (Wildman–Crippen LogP) is 0.628. The molecule has 80 valence electrons. The Balaban J connectivity index is 2.67. The quantitative estimate of drug-likeness (QED) is 0.682. The number of carboxylic acids is 1. The first-order valence-electron chi connectivity index (χ1n) is 4.72. The van der Waals surface area contributed by atoms with Crippen LogP contribution >= 0.6 is 12.6 Å². The molecule has 0 spiro atoms. The summed E-state index contributed by atoms with van der Waals surface area (Å²) in [5.41, 5.74) is 0. The minimum Gasteiger partial charge on any atom is -0.480 e. The summed E-state index contributed by atoms with van der Waals surface area (Å²) < 4.78 is 0. The summed E-state index contributed by atoms with van der Waals surface area (Å²) in [5.74, 6) is -0.729. The molecular formula is C9H15NO3S. The Bertz CT molecular complexity index is 244. The molecule has 0 saturated carbocycles. The smallest absolute Gasteiger partial charge is 0.326 e. The molecule has 5 heteroatoms. The number of thiol groups is 1. The van der Waals surface area contributed by atoms with Crippen molar-refractivity contribution in [3.05, 3.63) is 0 Å². The second kappa shape index (κ2) is 4.68. The van der Waals surface area contributed by atoms with E-state index in [-0.39, 0.29) is 11.8 Å². The number of carboxylic acid groups (broad SMARTS) is 1. The summed E-state index contributed by atoms with van der Waals surface area (Å²) in [7, 11) is 0. The minimum absolute atomic E-state index is 0.0927. The maximum atomic E-state index is 11.7. The Hall–Kier alpha value is -0.710. The first-order valence-corrected chi connectivity index (χ1v) is 5.35. The van der Waals surface area contributed by atoms with Crippen LogP contribution in [0.1, 0.15) is 19.8 Å². The van der Waals surface area contributed by atoms with Crippen molar-refractivity contribution in [1.29, 1.82) is 0 Å². The van der Waals surface area contributed by atoms with Gasteiger partial charge in [-0.3, -0.25) is 4.79 Å². The lowest BCUT2D eigenvalue weighted by Gasteiger charge is -2.24. The fourth-order valence-corrected chi connectivity index (χ4v) is 1.80. The van der Waals surface area contributed by atoms with Crippen molar-refractivity contribution in [2.75, 3.05) is 12.3 Å². The van der Waals surface area contributed by atoms with Crippen molar-refractivity contribution < 1.29 is 14.7 Å². The molecule has 4 nitrogen and oxygen atoms in total. The topological polar surface area (TPSA) is 57.6 Å². The second-order valence-electron chi connectivity index (χ2n) is 3.61. The minimum atomic E-state index is -0.901. The van der Waals surface area contributed by atoms with Gasteiger partial charge in [-0.25, -0.2) is 4.79 Å². The Morgan fingerprint density at radius 2 is 2.29 bits per heavy atom. The lowest BCUT2D eigenvalue weighted by molar-refractivity contribution is -0.149. The van der Waals surface area contributed by atoms with E-state index in [0.29, 0.717) is 18.7 Å². The summed E-state index contributed by atoms with van der Waals surface area (Å²) in [5, 5.41) is 8.87. The number of nitrogens with zero attached hydrogens (tertiary/aromatic N) is 1. The van der Waals surface area contributed by atoms with Crippen LogP contribution in [0, 0.1) is 5.92 Å². The third-order valence-corrected chi connectivity index (χ3v) is 3.06. The summed E-state index contributed by atoms with van der Waals surface area (Å²) in [6, 6.07) is -0.621. The van der Waals surface area contributed by atoms with Crippen LogP contribution in [0.25, 0.3) is 0 Å². The molecule has 1 aliphatic heterocycles. The maximum Gasteiger partial charge on any atom is 0.326 e. The molecule has 0 aromatic rings. The van der Waals surface area contributed by atoms with E-state index in [1.807, 2.05) is 0 Å². The van der Waals surface area contributed by atoms with Crippen LogP contribution in [0.5, 0.6) is 0 Å². The van der Waals surface area contributed by atoms with Gasteiger partial charge in [0.1, 0.15) is 6.04 Å². The van der Waals surface area contributed by atoms with Crippen molar-refractivity contribution in [3.63, 3.8) is 0 Å². The second-order valence-corrected chi connectivity index (χ2v) is 3.98. The van der Waals surface area contributed by atoms with E-state index >= 15 is 0 Å². The number of carbonyl (C=O) groups excluding carboxylic acids is 1. The summed E-state index contributed by atoms with van der Waals surface area (Å²) >= 11 is 4.03. The molecule has 1 unspecified atom stereocenters. The average molecular weight is 217 g/mol. The number of carbonyl (C=O) groups is 2. The van der Waals surface area contributed by atoms with E-state index in [0.717, 1.165) is 6.42 Å². The number of amides is 1. The van der Waals surface area contributed by atoms with Crippen LogP contribution in [0.15, 0.2) is 0 Å². The van der Waals surface area contributed by atoms with Gasteiger partial charge in [0.25, 0.3) is 0 Å². The van der Waals surface area contributed by atoms with E-state index < -0.39 is 12.0 Å². The third kappa shape index (κ3) is 2.20. The van der Waals surface area contributed by atoms with Crippen molar-refractivity contribution in [2.24, 2.45) is 5.92 Å². The molecule has 1 heterocycles. The van der Waals surface area contributed by atoms with Crippen LogP contribution in [-0.2, 0) is 9.59 Å². The van der Waals surface area contributed by atoms with Crippen molar-refractivity contribution in [3.8, 4) is 0 Å². The van der Waals surface area contributed by atoms with E-state index in [9.17, 15) is 9.59 Å². The molecule has 14 heavy (non-hydrogen) atoms. The summed E-state index contributed by atoms with van der Waals surface area (Å²) in [6.45, 7) is 2.33. The monoisotopic (exact) mass is 217 g/mol. The molecule has 1 saturated heterocycles. The Morgan fingerprint density at radius 3 is 2.79 bits per heavy atom. The van der Waals surface area contributed by atoms with E-state index in [4.69, 9.17) is 5.11 Å². The van der Waals surface area contributed by atoms with Gasteiger partial charge in [0.15, 0.2) is 0 Å². The molecule has 0 radical (unpaired) electrons. The molecule has 1 aliphatic rings. The average Bonchev–Trinajstić information content (AvgIpc) is 2.63. The molecule has 1 amide bonds. The van der Waals surface area contributed by atoms with Crippen LogP contribution in [0.2, 0.25) is 0 Å². The van der Waals surface area contributed by atoms with E-state index in [1.54, 1.807) is 6.92 Å². The van der Waals surface area contributed by atoms with Gasteiger partial charge < -0.3 is 10.0 Å². The van der Waals surface area contributed by atoms with Gasteiger partial charge in [-0.05, 0) is 12.8 Å². The van der Waals surface area contributed by atoms with Crippen LogP contribution < -0.4 is 0 Å². The van der Waals surface area contributed by atoms with Crippen molar-refractivity contribution in [1.82, 2.24) is 4.90 Å². The van der Waals surface area contributed by atoms with Gasteiger partial charge >= 0.3 is 5.97 Å². The van der Waals surface area contributed by atoms with Crippen molar-refractivity contribution >= 4 is 24.5 Å². The number of hydrogen-bond acceptors (Lipinski definition) is 3. The zero-order chi connectivity index (χ0) is 10.7. The highest BCUT2D eigenvalue weighted by molar-refractivity contribution is 7.80. The Kier molecular flexibility index (Phi) is 3.80.